The van der Waals surface area contributed by atoms with Crippen molar-refractivity contribution in [3.8, 4) is 0 Å². The largest absolute Gasteiger partial charge is 0.389 e. The Morgan fingerprint density at radius 1 is 0.638 bits per heavy atom. The molecule has 0 spiro atoms. The summed E-state index contributed by atoms with van der Waals surface area (Å²) in [6, 6.07) is 0. The van der Waals surface area contributed by atoms with Gasteiger partial charge < -0.3 is 73.6 Å². The van der Waals surface area contributed by atoms with Crippen molar-refractivity contribution in [1.29, 1.82) is 0 Å². The number of ether oxygens (including phenoxy) is 3. The van der Waals surface area contributed by atoms with E-state index in [1.807, 2.05) is 20.8 Å². The Morgan fingerprint density at radius 3 is 1.66 bits per heavy atom. The van der Waals surface area contributed by atoms with Gasteiger partial charge in [-0.25, -0.2) is 0 Å². The molecule has 0 aromatic rings. The van der Waals surface area contributed by atoms with Crippen LogP contribution in [0.5, 0.6) is 0 Å². The van der Waals surface area contributed by atoms with Crippen molar-refractivity contribution in [2.45, 2.75) is 57.5 Å². The number of nitrogens with zero attached hydrogens (tertiary/aromatic N) is 1. The lowest BCUT2D eigenvalue weighted by Gasteiger charge is -2.26. The van der Waals surface area contributed by atoms with Gasteiger partial charge >= 0.3 is 0 Å². The highest BCUT2D eigenvalue weighted by molar-refractivity contribution is 8.20. The minimum absolute atomic E-state index is 0.0817. The van der Waals surface area contributed by atoms with Crippen molar-refractivity contribution in [1.82, 2.24) is 26.2 Å². The van der Waals surface area contributed by atoms with Crippen molar-refractivity contribution < 1.29 is 56.5 Å². The maximum Gasteiger partial charge on any atom is 0.0900 e. The van der Waals surface area contributed by atoms with Crippen molar-refractivity contribution in [3.63, 3.8) is 0 Å². The molecule has 19 heteroatoms. The first kappa shape index (κ1) is 47.0. The third-order valence-corrected chi connectivity index (χ3v) is 8.59. The Hall–Kier alpha value is 0.0200. The summed E-state index contributed by atoms with van der Waals surface area (Å²) in [7, 11) is -5.28. The molecule has 0 saturated carbocycles. The highest BCUT2D eigenvalue weighted by Gasteiger charge is 2.16. The summed E-state index contributed by atoms with van der Waals surface area (Å²) >= 11 is 0. The van der Waals surface area contributed by atoms with Gasteiger partial charge in [-0.2, -0.15) is 0 Å². The average Bonchev–Trinajstić information content (AvgIpc) is 2.97. The second-order valence-corrected chi connectivity index (χ2v) is 15.9. The van der Waals surface area contributed by atoms with Crippen LogP contribution in [-0.2, 0) is 18.4 Å². The molecule has 0 aliphatic carbocycles. The van der Waals surface area contributed by atoms with Crippen LogP contribution in [0.1, 0.15) is 33.6 Å². The standard InChI is InChI=1S/C28H67N5O12S2/c1-28(2,3)45-24-26(35)20-32-12-14-33(21-27(36)23-44-15-5-17-46(37,38)39)13-11-30-8-7-29-9-10-31-19-25(34)22-43-16-6-18-47(40,41)42-4/h25-27,29-32,34-41H,5-24H2,1-4H3. The first-order valence-electron chi connectivity index (χ1n) is 16.2. The number of aliphatic hydroxyl groups is 3. The van der Waals surface area contributed by atoms with Gasteiger partial charge in [0.1, 0.15) is 0 Å². The number of hydrogen-bond acceptors (Lipinski definition) is 17. The van der Waals surface area contributed by atoms with Gasteiger partial charge in [0, 0.05) is 96.7 Å². The summed E-state index contributed by atoms with van der Waals surface area (Å²) < 4.78 is 66.9. The van der Waals surface area contributed by atoms with Crippen LogP contribution in [-0.4, -0.2) is 191 Å². The van der Waals surface area contributed by atoms with Gasteiger partial charge in [-0.05, 0) is 33.6 Å². The van der Waals surface area contributed by atoms with Crippen LogP contribution in [0.15, 0.2) is 0 Å². The van der Waals surface area contributed by atoms with Crippen LogP contribution in [0.2, 0.25) is 0 Å². The van der Waals surface area contributed by atoms with Crippen molar-refractivity contribution in [2.24, 2.45) is 0 Å². The van der Waals surface area contributed by atoms with Gasteiger partial charge in [-0.15, -0.1) is 0 Å². The number of hydrogen-bond donors (Lipinski definition) is 12. The third kappa shape index (κ3) is 34.3. The minimum atomic E-state index is -3.53. The number of nitrogens with one attached hydrogen (secondary N) is 4. The van der Waals surface area contributed by atoms with Crippen LogP contribution in [0, 0.1) is 0 Å². The quantitative estimate of drug-likeness (QED) is 0.0394. The van der Waals surface area contributed by atoms with Gasteiger partial charge in [-0.3, -0.25) is 9.08 Å². The molecule has 0 aliphatic heterocycles. The summed E-state index contributed by atoms with van der Waals surface area (Å²) in [6.07, 6.45) is -1.35. The predicted octanol–water partition coefficient (Wildman–Crippen LogP) is -0.106. The predicted molar refractivity (Wildman–Crippen MR) is 188 cm³/mol. The fourth-order valence-electron chi connectivity index (χ4n) is 3.95. The summed E-state index contributed by atoms with van der Waals surface area (Å²) in [6.45, 7) is 13.4. The lowest BCUT2D eigenvalue weighted by atomic mass is 10.2. The molecule has 17 nitrogen and oxygen atoms in total. The van der Waals surface area contributed by atoms with Crippen LogP contribution in [0.3, 0.4) is 0 Å². The molecule has 3 unspecified atom stereocenters. The summed E-state index contributed by atoms with van der Waals surface area (Å²) in [5.74, 6) is -0.0666. The third-order valence-electron chi connectivity index (χ3n) is 6.40. The van der Waals surface area contributed by atoms with Gasteiger partial charge in [0.2, 0.25) is 0 Å². The first-order chi connectivity index (χ1) is 22.0. The van der Waals surface area contributed by atoms with E-state index in [2.05, 4.69) is 30.4 Å². The Kier molecular flexibility index (Phi) is 27.7. The Morgan fingerprint density at radius 2 is 1.11 bits per heavy atom. The molecule has 0 amide bonds. The molecule has 0 aliphatic rings. The van der Waals surface area contributed by atoms with Crippen LogP contribution in [0.4, 0.5) is 0 Å². The molecule has 0 heterocycles. The Balaban J connectivity index is 4.17. The molecule has 47 heavy (non-hydrogen) atoms. The van der Waals surface area contributed by atoms with E-state index in [-0.39, 0.29) is 50.0 Å². The lowest BCUT2D eigenvalue weighted by Crippen LogP contribution is -2.44. The smallest absolute Gasteiger partial charge is 0.0900 e. The van der Waals surface area contributed by atoms with Crippen LogP contribution >= 0.6 is 21.7 Å². The van der Waals surface area contributed by atoms with E-state index in [4.69, 9.17) is 27.9 Å². The van der Waals surface area contributed by atoms with Gasteiger partial charge in [0.25, 0.3) is 0 Å². The lowest BCUT2D eigenvalue weighted by molar-refractivity contribution is -0.0479. The zero-order chi connectivity index (χ0) is 35.6. The van der Waals surface area contributed by atoms with E-state index >= 15 is 0 Å². The van der Waals surface area contributed by atoms with Crippen molar-refractivity contribution >= 4 is 21.7 Å². The van der Waals surface area contributed by atoms with Gasteiger partial charge in [0.15, 0.2) is 0 Å². The second kappa shape index (κ2) is 27.7. The van der Waals surface area contributed by atoms with Gasteiger partial charge in [-0.1, -0.05) is 0 Å². The highest BCUT2D eigenvalue weighted by Crippen LogP contribution is 2.38. The fraction of sp³-hybridized carbons (Fsp3) is 1.00. The molecule has 288 valence electrons. The maximum atomic E-state index is 10.5. The number of aliphatic hydroxyl groups excluding tert-OH is 3. The van der Waals surface area contributed by atoms with E-state index in [9.17, 15) is 24.4 Å². The Bertz CT molecular complexity index is 726. The van der Waals surface area contributed by atoms with E-state index in [0.717, 1.165) is 19.6 Å². The monoisotopic (exact) mass is 729 g/mol. The molecular weight excluding hydrogens is 662 g/mol. The molecule has 0 radical (unpaired) electrons. The molecule has 0 rings (SSSR count). The van der Waals surface area contributed by atoms with Gasteiger partial charge in [0.05, 0.1) is 72.6 Å². The topological polar surface area (TPSA) is 250 Å². The van der Waals surface area contributed by atoms with E-state index in [1.54, 1.807) is 0 Å². The molecule has 0 saturated heterocycles. The minimum Gasteiger partial charge on any atom is -0.389 e. The van der Waals surface area contributed by atoms with E-state index in [0.29, 0.717) is 65.4 Å². The molecular formula is C28H67N5O12S2. The molecule has 0 fully saturated rings. The Labute approximate surface area is 285 Å². The first-order valence-corrected chi connectivity index (χ1v) is 19.5. The van der Waals surface area contributed by atoms with E-state index in [1.165, 1.54) is 7.11 Å². The molecule has 0 bridgehead atoms. The molecule has 3 atom stereocenters. The molecule has 0 aromatic heterocycles. The van der Waals surface area contributed by atoms with E-state index < -0.39 is 40.1 Å². The number of rotatable bonds is 33. The van der Waals surface area contributed by atoms with Crippen molar-refractivity contribution in [2.75, 3.05) is 124 Å². The maximum absolute atomic E-state index is 10.5. The fourth-order valence-corrected chi connectivity index (χ4v) is 5.12. The summed E-state index contributed by atoms with van der Waals surface area (Å²) in [4.78, 5) is 2.09. The van der Waals surface area contributed by atoms with Crippen LogP contribution < -0.4 is 21.3 Å². The SMILES string of the molecule is COS(O)(O)CCCOCC(O)CNCCNCCNCCN(CCNCC(O)COC(C)(C)C)CC(O)COCCCS(O)(O)O. The zero-order valence-electron chi connectivity index (χ0n) is 28.8. The van der Waals surface area contributed by atoms with Crippen molar-refractivity contribution in [3.05, 3.63) is 0 Å². The molecule has 12 N–H and O–H groups in total. The molecule has 0 aromatic carbocycles. The van der Waals surface area contributed by atoms with Crippen LogP contribution in [0.25, 0.3) is 0 Å². The summed E-state index contributed by atoms with van der Waals surface area (Å²) in [5.41, 5.74) is -0.320. The highest BCUT2D eigenvalue weighted by atomic mass is 32.3. The normalized spacial score (nSPS) is 15.7. The average molecular weight is 730 g/mol. The second-order valence-electron chi connectivity index (χ2n) is 12.3. The summed E-state index contributed by atoms with van der Waals surface area (Å²) in [5, 5.41) is 43.7. The zero-order valence-corrected chi connectivity index (χ0v) is 30.5.